The number of aromatic nitrogens is 8. The van der Waals surface area contributed by atoms with E-state index in [0.29, 0.717) is 48.9 Å². The van der Waals surface area contributed by atoms with E-state index in [2.05, 4.69) is 406 Å². The number of fused-ring (bicyclic) bond motifs is 20. The summed E-state index contributed by atoms with van der Waals surface area (Å²) in [7, 11) is 0. The third-order valence-electron chi connectivity index (χ3n) is 23.7. The fourth-order valence-corrected chi connectivity index (χ4v) is 16.6. The molecule has 0 radical (unpaired) electrons. The van der Waals surface area contributed by atoms with Crippen molar-refractivity contribution < 1.29 is 18.9 Å². The van der Waals surface area contributed by atoms with Gasteiger partial charge in [0.2, 0.25) is 0 Å². The van der Waals surface area contributed by atoms with Gasteiger partial charge in [-0.2, -0.15) is 0 Å². The number of benzene rings is 9. The molecule has 10 heterocycles. The molecule has 9 aromatic carbocycles. The Kier molecular flexibility index (Phi) is 21.5. The Balaban J connectivity index is 0.842. The number of H-pyrrole nitrogens is 4. The fraction of sp³-hybridized carbons (Fsp3) is 0.211. The van der Waals surface area contributed by atoms with Gasteiger partial charge >= 0.3 is 0 Å². The van der Waals surface area contributed by atoms with Crippen LogP contribution in [0.4, 0.5) is 0 Å². The van der Waals surface area contributed by atoms with Gasteiger partial charge in [0.1, 0.15) is 23.0 Å². The molecule has 15 aromatic rings. The Morgan fingerprint density at radius 1 is 0.246 bits per heavy atom. The molecule has 0 atom stereocenters. The van der Waals surface area contributed by atoms with Crippen molar-refractivity contribution in [3.63, 3.8) is 0 Å². The molecule has 622 valence electrons. The minimum absolute atomic E-state index is 0.136. The second-order valence-corrected chi connectivity index (χ2v) is 38.2. The SMILES string of the molecule is CC(C)(C)CCOc1ccc(-c2c3nc(c(C#Cc4c5cc6ccccc6cc5c(C#Cc5c6nc(c(-c7ccc(OCCC(C)(C)C)cc7)c7ccc(cc8nc(c(-c9ccc(OCCC(C)(C)C)cc9)c9ccc5[nH]9)C=C8)[nH]7)C=C6)c5cc6ccccc6cc45)c4ccc([nH]4)c(-c4ccc(OCCC(C)(C)C)cc4)c4nc(cc5ccc2[nH]5)C=C4)C=C3)cc1. The molecule has 16 bridgehead atoms. The number of aromatic amines is 4. The summed E-state index contributed by atoms with van der Waals surface area (Å²) in [6, 6.07) is 81.2. The van der Waals surface area contributed by atoms with Crippen molar-refractivity contribution in [1.29, 1.82) is 0 Å². The average Bonchev–Trinajstić information content (AvgIpc) is 0.848. The largest absolute Gasteiger partial charge is 0.494 e. The Morgan fingerprint density at radius 2 is 0.500 bits per heavy atom. The molecule has 126 heavy (non-hydrogen) atoms. The Labute approximate surface area is 736 Å². The van der Waals surface area contributed by atoms with E-state index in [0.717, 1.165) is 226 Å². The molecule has 0 aliphatic carbocycles. The molecule has 4 N–H and O–H groups in total. The molecule has 0 saturated carbocycles. The molecule has 4 aliphatic rings. The third kappa shape index (κ3) is 17.8. The van der Waals surface area contributed by atoms with Crippen molar-refractivity contribution in [3.05, 3.63) is 298 Å². The minimum Gasteiger partial charge on any atom is -0.494 e. The zero-order valence-electron chi connectivity index (χ0n) is 73.6. The first-order chi connectivity index (χ1) is 60.8. The fourth-order valence-electron chi connectivity index (χ4n) is 16.6. The maximum atomic E-state index is 6.36. The van der Waals surface area contributed by atoms with Crippen LogP contribution in [0.2, 0.25) is 0 Å². The van der Waals surface area contributed by atoms with Crippen LogP contribution in [-0.4, -0.2) is 66.3 Å². The highest BCUT2D eigenvalue weighted by molar-refractivity contribution is 6.17. The number of hydrogen-bond donors (Lipinski definition) is 4. The molecule has 6 aromatic heterocycles. The lowest BCUT2D eigenvalue weighted by Crippen LogP contribution is -2.11. The van der Waals surface area contributed by atoms with Crippen LogP contribution in [0.25, 0.3) is 180 Å². The molecule has 0 saturated heterocycles. The second-order valence-electron chi connectivity index (χ2n) is 38.2. The molecule has 12 heteroatoms. The van der Waals surface area contributed by atoms with Gasteiger partial charge in [-0.05, 0) is 295 Å². The predicted molar refractivity (Wildman–Crippen MR) is 526 cm³/mol. The summed E-state index contributed by atoms with van der Waals surface area (Å²) in [4.78, 5) is 37.6. The molecule has 0 unspecified atom stereocenters. The van der Waals surface area contributed by atoms with Crippen molar-refractivity contribution in [2.24, 2.45) is 21.7 Å². The molecular weight excluding hydrogens is 1550 g/mol. The van der Waals surface area contributed by atoms with Crippen LogP contribution >= 0.6 is 0 Å². The van der Waals surface area contributed by atoms with E-state index in [1.165, 1.54) is 0 Å². The molecular formula is C114H102N8O4. The van der Waals surface area contributed by atoms with Crippen molar-refractivity contribution in [3.8, 4) is 91.2 Å². The van der Waals surface area contributed by atoms with Gasteiger partial charge in [0.25, 0.3) is 0 Å². The van der Waals surface area contributed by atoms with E-state index >= 15 is 0 Å². The Hall–Kier alpha value is -14.5. The summed E-state index contributed by atoms with van der Waals surface area (Å²) in [6.07, 6.45) is 20.5. The predicted octanol–water partition coefficient (Wildman–Crippen LogP) is 29.0. The van der Waals surface area contributed by atoms with E-state index in [-0.39, 0.29) is 21.7 Å². The lowest BCUT2D eigenvalue weighted by Gasteiger charge is -2.18. The Morgan fingerprint density at radius 3 is 0.802 bits per heavy atom. The molecule has 4 aliphatic heterocycles. The van der Waals surface area contributed by atoms with Gasteiger partial charge in [-0.15, -0.1) is 0 Å². The maximum Gasteiger partial charge on any atom is 0.119 e. The summed E-state index contributed by atoms with van der Waals surface area (Å²) < 4.78 is 25.5. The summed E-state index contributed by atoms with van der Waals surface area (Å²) in [5.74, 6) is 19.1. The molecule has 19 rings (SSSR count). The maximum absolute atomic E-state index is 6.36. The zero-order valence-corrected chi connectivity index (χ0v) is 73.6. The summed E-state index contributed by atoms with van der Waals surface area (Å²) >= 11 is 0. The molecule has 0 fully saturated rings. The number of ether oxygens (including phenoxy) is 4. The van der Waals surface area contributed by atoms with Crippen LogP contribution < -0.4 is 18.9 Å². The van der Waals surface area contributed by atoms with Gasteiger partial charge in [0.05, 0.1) is 94.1 Å². The van der Waals surface area contributed by atoms with Gasteiger partial charge in [-0.1, -0.05) is 204 Å². The van der Waals surface area contributed by atoms with Gasteiger partial charge in [0.15, 0.2) is 0 Å². The number of rotatable bonds is 16. The van der Waals surface area contributed by atoms with Gasteiger partial charge in [-0.25, -0.2) is 19.9 Å². The number of nitrogens with zero attached hydrogens (tertiary/aromatic N) is 4. The lowest BCUT2D eigenvalue weighted by molar-refractivity contribution is 0.242. The van der Waals surface area contributed by atoms with E-state index < -0.39 is 0 Å². The normalized spacial score (nSPS) is 12.6. The minimum atomic E-state index is 0.136. The number of nitrogens with one attached hydrogen (secondary N) is 4. The van der Waals surface area contributed by atoms with E-state index in [9.17, 15) is 0 Å². The van der Waals surface area contributed by atoms with Crippen LogP contribution in [0.5, 0.6) is 23.0 Å². The van der Waals surface area contributed by atoms with Crippen molar-refractivity contribution in [1.82, 2.24) is 39.9 Å². The van der Waals surface area contributed by atoms with Crippen LogP contribution in [0, 0.1) is 45.3 Å². The first-order valence-corrected chi connectivity index (χ1v) is 43.9. The highest BCUT2D eigenvalue weighted by Gasteiger charge is 2.24. The van der Waals surface area contributed by atoms with Crippen molar-refractivity contribution >= 4 is 136 Å². The smallest absolute Gasteiger partial charge is 0.119 e. The second kappa shape index (κ2) is 33.3. The van der Waals surface area contributed by atoms with E-state index in [1.807, 2.05) is 0 Å². The molecule has 12 nitrogen and oxygen atoms in total. The van der Waals surface area contributed by atoms with E-state index in [4.69, 9.17) is 38.9 Å². The molecule has 0 amide bonds. The summed E-state index contributed by atoms with van der Waals surface area (Å²) in [5, 5.41) is 8.06. The van der Waals surface area contributed by atoms with Crippen molar-refractivity contribution in [2.45, 2.75) is 109 Å². The first kappa shape index (κ1) is 81.2. The highest BCUT2D eigenvalue weighted by atomic mass is 16.5. The lowest BCUT2D eigenvalue weighted by atomic mass is 9.88. The van der Waals surface area contributed by atoms with Gasteiger partial charge < -0.3 is 38.9 Å². The monoisotopic (exact) mass is 1650 g/mol. The van der Waals surface area contributed by atoms with Crippen LogP contribution in [-0.2, 0) is 0 Å². The average molecular weight is 1650 g/mol. The summed E-state index contributed by atoms with van der Waals surface area (Å²) in [5.41, 5.74) is 24.4. The van der Waals surface area contributed by atoms with E-state index in [1.54, 1.807) is 0 Å². The highest BCUT2D eigenvalue weighted by Crippen LogP contribution is 2.43. The number of hydrogen-bond acceptors (Lipinski definition) is 8. The van der Waals surface area contributed by atoms with Crippen LogP contribution in [0.1, 0.15) is 177 Å². The first-order valence-electron chi connectivity index (χ1n) is 43.9. The molecule has 0 spiro atoms. The zero-order chi connectivity index (χ0) is 86.6. The van der Waals surface area contributed by atoms with Gasteiger partial charge in [-0.3, -0.25) is 0 Å². The van der Waals surface area contributed by atoms with Gasteiger partial charge in [0, 0.05) is 66.5 Å². The Bertz CT molecular complexity index is 6820. The van der Waals surface area contributed by atoms with Crippen LogP contribution in [0.15, 0.2) is 231 Å². The standard InChI is InChI=1S/C114H102N8O4/c1-111(2,3)57-61-123-83-33-21-71(22-34-83)107-99-45-29-79(115-99)69-80-30-46-100(116-80)108(72-23-35-84(36-24-72)124-62-58-112(4,5)6)104-54-50-96(120-104)89(95-49-53-103(107)119-95)43-41-87-91-65-75-17-13-15-19-77(75)67-93(91)88(94-68-78-20-16-14-18-76(78)66-92(87)94)42-44-90-97-51-55-105(121-97)109(73-25-37-85(38-26-73)125-63-59-113(7,8)9)101-47-31-81(117-101)70-82-32-48-102(118-82)110(106-56-52-98(90)122-106)74-27-39-86(40-28-74)126-64-60-114(10,11)12/h13-40,45-56,65-70,115,117,120,122H,57-64H2,1-12H3. The topological polar surface area (TPSA) is 152 Å². The third-order valence-corrected chi connectivity index (χ3v) is 23.7. The quantitative estimate of drug-likeness (QED) is 0.0551. The summed E-state index contributed by atoms with van der Waals surface area (Å²) in [6.45, 7) is 29.3. The van der Waals surface area contributed by atoms with Crippen molar-refractivity contribution in [2.75, 3.05) is 26.4 Å². The van der Waals surface area contributed by atoms with Crippen LogP contribution in [0.3, 0.4) is 0 Å².